The van der Waals surface area contributed by atoms with Gasteiger partial charge in [-0.15, -0.1) is 0 Å². The third-order valence-electron chi connectivity index (χ3n) is 4.98. The third-order valence-corrected chi connectivity index (χ3v) is 4.98. The molecule has 0 radical (unpaired) electrons. The SMILES string of the molecule is C/C(=C\c1ccccc1)c1cccc(/C(C)=C/c2ccccc2)c1-n1cccn1. The minimum absolute atomic E-state index is 1.10. The molecular formula is C27H24N2. The van der Waals surface area contributed by atoms with Gasteiger partial charge in [0, 0.05) is 23.5 Å². The minimum Gasteiger partial charge on any atom is -0.240 e. The molecule has 0 aliphatic carbocycles. The first-order valence-corrected chi connectivity index (χ1v) is 9.83. The maximum absolute atomic E-state index is 4.55. The van der Waals surface area contributed by atoms with Crippen LogP contribution in [0.2, 0.25) is 0 Å². The Morgan fingerprint density at radius 1 is 0.655 bits per heavy atom. The molecule has 0 saturated heterocycles. The van der Waals surface area contributed by atoms with Crippen molar-refractivity contribution in [3.05, 3.63) is 120 Å². The zero-order valence-electron chi connectivity index (χ0n) is 16.8. The molecule has 1 heterocycles. The molecule has 142 valence electrons. The highest BCUT2D eigenvalue weighted by Gasteiger charge is 2.13. The van der Waals surface area contributed by atoms with Crippen molar-refractivity contribution in [1.82, 2.24) is 9.78 Å². The molecule has 0 saturated carbocycles. The first-order chi connectivity index (χ1) is 14.2. The largest absolute Gasteiger partial charge is 0.240 e. The van der Waals surface area contributed by atoms with Crippen LogP contribution in [0.4, 0.5) is 0 Å². The number of benzene rings is 3. The number of allylic oxidation sites excluding steroid dienone is 2. The van der Waals surface area contributed by atoms with Crippen molar-refractivity contribution in [1.29, 1.82) is 0 Å². The molecule has 2 heteroatoms. The van der Waals surface area contributed by atoms with Gasteiger partial charge in [-0.25, -0.2) is 4.68 Å². The van der Waals surface area contributed by atoms with Crippen LogP contribution in [-0.2, 0) is 0 Å². The summed E-state index contributed by atoms with van der Waals surface area (Å²) in [6.45, 7) is 4.32. The number of aromatic nitrogens is 2. The fraction of sp³-hybridized carbons (Fsp3) is 0.0741. The number of nitrogens with zero attached hydrogens (tertiary/aromatic N) is 2. The summed E-state index contributed by atoms with van der Waals surface area (Å²) >= 11 is 0. The predicted molar refractivity (Wildman–Crippen MR) is 124 cm³/mol. The second-order valence-corrected chi connectivity index (χ2v) is 7.13. The van der Waals surface area contributed by atoms with E-state index in [0.717, 1.165) is 5.69 Å². The molecule has 1 aromatic heterocycles. The van der Waals surface area contributed by atoms with Crippen LogP contribution >= 0.6 is 0 Å². The van der Waals surface area contributed by atoms with E-state index < -0.39 is 0 Å². The van der Waals surface area contributed by atoms with Gasteiger partial charge in [0.1, 0.15) is 0 Å². The average molecular weight is 377 g/mol. The van der Waals surface area contributed by atoms with Gasteiger partial charge in [0.25, 0.3) is 0 Å². The molecule has 0 aliphatic heterocycles. The van der Waals surface area contributed by atoms with Gasteiger partial charge >= 0.3 is 0 Å². The van der Waals surface area contributed by atoms with Crippen LogP contribution in [0.3, 0.4) is 0 Å². The van der Waals surface area contributed by atoms with Crippen LogP contribution < -0.4 is 0 Å². The summed E-state index contributed by atoms with van der Waals surface area (Å²) in [5.41, 5.74) is 8.25. The molecule has 0 spiro atoms. The topological polar surface area (TPSA) is 17.8 Å². The lowest BCUT2D eigenvalue weighted by Gasteiger charge is -2.16. The first-order valence-electron chi connectivity index (χ1n) is 9.83. The summed E-state index contributed by atoms with van der Waals surface area (Å²) in [6.07, 6.45) is 8.28. The highest BCUT2D eigenvalue weighted by atomic mass is 15.3. The summed E-state index contributed by atoms with van der Waals surface area (Å²) < 4.78 is 1.97. The molecule has 0 fully saturated rings. The fourth-order valence-corrected chi connectivity index (χ4v) is 3.58. The second-order valence-electron chi connectivity index (χ2n) is 7.13. The molecule has 4 rings (SSSR count). The molecule has 29 heavy (non-hydrogen) atoms. The van der Waals surface area contributed by atoms with Gasteiger partial charge in [-0.05, 0) is 42.2 Å². The molecule has 0 atom stereocenters. The van der Waals surface area contributed by atoms with Crippen molar-refractivity contribution in [2.24, 2.45) is 0 Å². The van der Waals surface area contributed by atoms with Gasteiger partial charge in [-0.3, -0.25) is 0 Å². The zero-order valence-corrected chi connectivity index (χ0v) is 16.8. The van der Waals surface area contributed by atoms with Crippen molar-refractivity contribution >= 4 is 23.3 Å². The maximum Gasteiger partial charge on any atom is 0.0795 e. The van der Waals surface area contributed by atoms with Crippen LogP contribution in [0.15, 0.2) is 97.3 Å². The van der Waals surface area contributed by atoms with Crippen molar-refractivity contribution in [2.75, 3.05) is 0 Å². The molecule has 0 amide bonds. The highest BCUT2D eigenvalue weighted by Crippen LogP contribution is 2.32. The van der Waals surface area contributed by atoms with Crippen LogP contribution in [0.5, 0.6) is 0 Å². The summed E-state index contributed by atoms with van der Waals surface area (Å²) in [4.78, 5) is 0. The Labute approximate surface area is 172 Å². The molecule has 4 aromatic rings. The summed E-state index contributed by atoms with van der Waals surface area (Å²) in [5.74, 6) is 0. The van der Waals surface area contributed by atoms with E-state index in [9.17, 15) is 0 Å². The van der Waals surface area contributed by atoms with Gasteiger partial charge in [0.2, 0.25) is 0 Å². The van der Waals surface area contributed by atoms with Crippen LogP contribution in [-0.4, -0.2) is 9.78 Å². The van der Waals surface area contributed by atoms with Crippen molar-refractivity contribution in [2.45, 2.75) is 13.8 Å². The van der Waals surface area contributed by atoms with E-state index in [0.29, 0.717) is 0 Å². The Kier molecular flexibility index (Phi) is 5.53. The highest BCUT2D eigenvalue weighted by molar-refractivity contribution is 5.90. The van der Waals surface area contributed by atoms with E-state index in [-0.39, 0.29) is 0 Å². The molecule has 2 nitrogen and oxygen atoms in total. The van der Waals surface area contributed by atoms with Gasteiger partial charge in [-0.2, -0.15) is 5.10 Å². The number of para-hydroxylation sites is 1. The van der Waals surface area contributed by atoms with Crippen LogP contribution in [0.25, 0.3) is 29.0 Å². The lowest BCUT2D eigenvalue weighted by atomic mass is 9.95. The van der Waals surface area contributed by atoms with E-state index in [1.165, 1.54) is 33.4 Å². The second kappa shape index (κ2) is 8.57. The van der Waals surface area contributed by atoms with E-state index in [2.05, 4.69) is 97.8 Å². The average Bonchev–Trinajstić information content (AvgIpc) is 3.29. The van der Waals surface area contributed by atoms with E-state index in [1.54, 1.807) is 0 Å². The van der Waals surface area contributed by atoms with Gasteiger partial charge in [0.05, 0.1) is 5.69 Å². The molecule has 3 aromatic carbocycles. The van der Waals surface area contributed by atoms with Gasteiger partial charge in [-0.1, -0.05) is 91.0 Å². The van der Waals surface area contributed by atoms with Crippen molar-refractivity contribution in [3.63, 3.8) is 0 Å². The van der Waals surface area contributed by atoms with Crippen molar-refractivity contribution in [3.8, 4) is 5.69 Å². The lowest BCUT2D eigenvalue weighted by molar-refractivity contribution is 0.874. The van der Waals surface area contributed by atoms with Crippen LogP contribution in [0, 0.1) is 0 Å². The van der Waals surface area contributed by atoms with Crippen LogP contribution in [0.1, 0.15) is 36.1 Å². The quantitative estimate of drug-likeness (QED) is 0.343. The standard InChI is InChI=1S/C27H24N2/c1-21(19-23-11-5-3-6-12-23)25-15-9-16-26(27(25)29-18-10-17-28-29)22(2)20-24-13-7-4-8-14-24/h3-20H,1-2H3/b21-19+,22-20+. The predicted octanol–water partition coefficient (Wildman–Crippen LogP) is 6.99. The maximum atomic E-state index is 4.55. The Morgan fingerprint density at radius 3 is 1.62 bits per heavy atom. The normalized spacial score (nSPS) is 12.2. The van der Waals surface area contributed by atoms with Gasteiger partial charge in [0.15, 0.2) is 0 Å². The Bertz CT molecular complexity index is 1060. The summed E-state index contributed by atoms with van der Waals surface area (Å²) in [6, 6.07) is 29.3. The fourth-order valence-electron chi connectivity index (χ4n) is 3.58. The number of rotatable bonds is 5. The third kappa shape index (κ3) is 4.27. The number of hydrogen-bond acceptors (Lipinski definition) is 1. The van der Waals surface area contributed by atoms with Gasteiger partial charge < -0.3 is 0 Å². The minimum atomic E-state index is 1.10. The Morgan fingerprint density at radius 2 is 1.17 bits per heavy atom. The monoisotopic (exact) mass is 376 g/mol. The lowest BCUT2D eigenvalue weighted by Crippen LogP contribution is -2.03. The van der Waals surface area contributed by atoms with E-state index in [1.807, 2.05) is 35.3 Å². The summed E-state index contributed by atoms with van der Waals surface area (Å²) in [7, 11) is 0. The first kappa shape index (κ1) is 18.7. The van der Waals surface area contributed by atoms with E-state index >= 15 is 0 Å². The zero-order chi connectivity index (χ0) is 20.1. The van der Waals surface area contributed by atoms with Crippen molar-refractivity contribution < 1.29 is 0 Å². The Balaban J connectivity index is 1.86. The smallest absolute Gasteiger partial charge is 0.0795 e. The molecule has 0 bridgehead atoms. The molecule has 0 N–H and O–H groups in total. The Hall–Kier alpha value is -3.65. The molecular weight excluding hydrogens is 352 g/mol. The molecule has 0 aliphatic rings. The molecule has 0 unspecified atom stereocenters. The number of hydrogen-bond donors (Lipinski definition) is 0. The van der Waals surface area contributed by atoms with E-state index in [4.69, 9.17) is 0 Å². The summed E-state index contributed by atoms with van der Waals surface area (Å²) in [5, 5.41) is 4.55.